The molecule has 2 heteroatoms. The molecule has 0 amide bonds. The van der Waals surface area contributed by atoms with E-state index in [9.17, 15) is 0 Å². The second-order valence-electron chi connectivity index (χ2n) is 3.51. The number of aryl methyl sites for hydroxylation is 1. The Morgan fingerprint density at radius 3 is 2.62 bits per heavy atom. The van der Waals surface area contributed by atoms with Gasteiger partial charge in [0.2, 0.25) is 0 Å². The summed E-state index contributed by atoms with van der Waals surface area (Å²) in [5, 5.41) is 0. The van der Waals surface area contributed by atoms with Crippen LogP contribution in [0.2, 0.25) is 0 Å². The van der Waals surface area contributed by atoms with Crippen LogP contribution in [0.4, 0.5) is 0 Å². The summed E-state index contributed by atoms with van der Waals surface area (Å²) in [6.07, 6.45) is 3.51. The van der Waals surface area contributed by atoms with Gasteiger partial charge < -0.3 is 0 Å². The van der Waals surface area contributed by atoms with E-state index in [1.165, 1.54) is 5.56 Å². The van der Waals surface area contributed by atoms with Crippen LogP contribution in [0.3, 0.4) is 0 Å². The fourth-order valence-corrected chi connectivity index (χ4v) is 1.71. The Labute approximate surface area is 104 Å². The van der Waals surface area contributed by atoms with Gasteiger partial charge in [-0.3, -0.25) is 4.98 Å². The molecule has 0 N–H and O–H groups in total. The molecule has 0 saturated heterocycles. The maximum atomic E-state index is 4.06. The van der Waals surface area contributed by atoms with Crippen molar-refractivity contribution in [2.75, 3.05) is 0 Å². The molecule has 0 aliphatic carbocycles. The number of hydrogen-bond donors (Lipinski definition) is 0. The van der Waals surface area contributed by atoms with Gasteiger partial charge in [-0.1, -0.05) is 24.0 Å². The number of halogens is 1. The molecule has 0 aliphatic rings. The lowest BCUT2D eigenvalue weighted by atomic mass is 10.1. The highest BCUT2D eigenvalue weighted by Crippen LogP contribution is 2.09. The Hall–Kier alpha value is -1.59. The summed E-state index contributed by atoms with van der Waals surface area (Å²) in [5.74, 6) is 6.20. The molecule has 1 nitrogen and oxygen atoms in total. The van der Waals surface area contributed by atoms with Gasteiger partial charge in [0.1, 0.15) is 0 Å². The van der Waals surface area contributed by atoms with Crippen molar-refractivity contribution in [1.29, 1.82) is 0 Å². The van der Waals surface area contributed by atoms with Crippen molar-refractivity contribution >= 4 is 15.9 Å². The summed E-state index contributed by atoms with van der Waals surface area (Å²) in [7, 11) is 0. The Balaban J connectivity index is 2.28. The fourth-order valence-electron chi connectivity index (χ4n) is 1.35. The minimum Gasteiger partial charge on any atom is -0.262 e. The van der Waals surface area contributed by atoms with Crippen molar-refractivity contribution in [3.63, 3.8) is 0 Å². The van der Waals surface area contributed by atoms with E-state index in [2.05, 4.69) is 51.8 Å². The third kappa shape index (κ3) is 2.95. The van der Waals surface area contributed by atoms with Gasteiger partial charge in [-0.15, -0.1) is 0 Å². The van der Waals surface area contributed by atoms with Crippen LogP contribution in [0.1, 0.15) is 16.7 Å². The smallest absolute Gasteiger partial charge is 0.0443 e. The van der Waals surface area contributed by atoms with Crippen molar-refractivity contribution < 1.29 is 0 Å². The lowest BCUT2D eigenvalue weighted by molar-refractivity contribution is 1.29. The Kier molecular flexibility index (Phi) is 3.38. The van der Waals surface area contributed by atoms with Crippen molar-refractivity contribution in [3.05, 3.63) is 63.9 Å². The first-order chi connectivity index (χ1) is 7.74. The largest absolute Gasteiger partial charge is 0.262 e. The Morgan fingerprint density at radius 2 is 1.88 bits per heavy atom. The Bertz CT molecular complexity index is 515. The standard InChI is InChI=1S/C14H10BrN/c1-11-3-2-4-12(7-11)5-6-13-8-14(15)10-16-9-13/h2-4,7-10H,1H3. The third-order valence-corrected chi connectivity index (χ3v) is 2.51. The SMILES string of the molecule is Cc1cccc(C#Cc2cncc(Br)c2)c1. The van der Waals surface area contributed by atoms with Gasteiger partial charge in [-0.25, -0.2) is 0 Å². The van der Waals surface area contributed by atoms with Gasteiger partial charge in [0, 0.05) is 28.0 Å². The number of benzene rings is 1. The molecular weight excluding hydrogens is 262 g/mol. The molecule has 0 saturated carbocycles. The maximum Gasteiger partial charge on any atom is 0.0443 e. The molecule has 1 aromatic heterocycles. The van der Waals surface area contributed by atoms with Crippen LogP contribution in [-0.2, 0) is 0 Å². The first-order valence-corrected chi connectivity index (χ1v) is 5.72. The lowest BCUT2D eigenvalue weighted by Gasteiger charge is -1.93. The molecule has 0 atom stereocenters. The van der Waals surface area contributed by atoms with Crippen LogP contribution in [0.15, 0.2) is 47.2 Å². The van der Waals surface area contributed by atoms with E-state index in [4.69, 9.17) is 0 Å². The van der Waals surface area contributed by atoms with E-state index >= 15 is 0 Å². The van der Waals surface area contributed by atoms with E-state index in [-0.39, 0.29) is 0 Å². The number of aromatic nitrogens is 1. The molecule has 1 heterocycles. The zero-order valence-corrected chi connectivity index (χ0v) is 10.5. The predicted molar refractivity (Wildman–Crippen MR) is 69.1 cm³/mol. The second kappa shape index (κ2) is 4.96. The second-order valence-corrected chi connectivity index (χ2v) is 4.43. The summed E-state index contributed by atoms with van der Waals surface area (Å²) in [5.41, 5.74) is 3.16. The lowest BCUT2D eigenvalue weighted by Crippen LogP contribution is -1.79. The van der Waals surface area contributed by atoms with E-state index in [0.717, 1.165) is 15.6 Å². The summed E-state index contributed by atoms with van der Waals surface area (Å²) < 4.78 is 0.948. The van der Waals surface area contributed by atoms with Crippen LogP contribution in [-0.4, -0.2) is 4.98 Å². The number of pyridine rings is 1. The minimum absolute atomic E-state index is 0.913. The molecule has 0 aliphatic heterocycles. The highest BCUT2D eigenvalue weighted by atomic mass is 79.9. The van der Waals surface area contributed by atoms with Gasteiger partial charge in [0.15, 0.2) is 0 Å². The van der Waals surface area contributed by atoms with E-state index in [1.807, 2.05) is 18.2 Å². The highest BCUT2D eigenvalue weighted by molar-refractivity contribution is 9.10. The third-order valence-electron chi connectivity index (χ3n) is 2.07. The topological polar surface area (TPSA) is 12.9 Å². The molecule has 0 fully saturated rings. The molecule has 2 rings (SSSR count). The Morgan fingerprint density at radius 1 is 1.06 bits per heavy atom. The first kappa shape index (κ1) is 10.9. The monoisotopic (exact) mass is 271 g/mol. The predicted octanol–water partition coefficient (Wildman–Crippen LogP) is 3.55. The van der Waals surface area contributed by atoms with Gasteiger partial charge in [-0.2, -0.15) is 0 Å². The molecule has 0 spiro atoms. The van der Waals surface area contributed by atoms with Crippen molar-refractivity contribution in [1.82, 2.24) is 4.98 Å². The quantitative estimate of drug-likeness (QED) is 0.668. The van der Waals surface area contributed by atoms with E-state index < -0.39 is 0 Å². The van der Waals surface area contributed by atoms with Crippen LogP contribution in [0.25, 0.3) is 0 Å². The normalized spacial score (nSPS) is 9.38. The van der Waals surface area contributed by atoms with Gasteiger partial charge in [0.25, 0.3) is 0 Å². The van der Waals surface area contributed by atoms with Gasteiger partial charge >= 0.3 is 0 Å². The molecule has 16 heavy (non-hydrogen) atoms. The first-order valence-electron chi connectivity index (χ1n) is 4.93. The molecule has 1 aromatic carbocycles. The molecule has 2 aromatic rings. The molecule has 0 unspecified atom stereocenters. The highest BCUT2D eigenvalue weighted by Gasteiger charge is 1.90. The van der Waals surface area contributed by atoms with Crippen molar-refractivity contribution in [2.24, 2.45) is 0 Å². The van der Waals surface area contributed by atoms with Crippen LogP contribution in [0.5, 0.6) is 0 Å². The van der Waals surface area contributed by atoms with Crippen molar-refractivity contribution in [2.45, 2.75) is 6.92 Å². The molecular formula is C14H10BrN. The minimum atomic E-state index is 0.913. The molecule has 0 radical (unpaired) electrons. The van der Waals surface area contributed by atoms with Gasteiger partial charge in [0.05, 0.1) is 0 Å². The average Bonchev–Trinajstić information content (AvgIpc) is 2.27. The summed E-state index contributed by atoms with van der Waals surface area (Å²) >= 11 is 3.37. The fraction of sp³-hybridized carbons (Fsp3) is 0.0714. The summed E-state index contributed by atoms with van der Waals surface area (Å²) in [6.45, 7) is 2.06. The molecule has 78 valence electrons. The number of rotatable bonds is 0. The van der Waals surface area contributed by atoms with Crippen LogP contribution >= 0.6 is 15.9 Å². The molecule has 0 bridgehead atoms. The van der Waals surface area contributed by atoms with Crippen LogP contribution < -0.4 is 0 Å². The zero-order chi connectivity index (χ0) is 11.4. The summed E-state index contributed by atoms with van der Waals surface area (Å²) in [4.78, 5) is 4.06. The average molecular weight is 272 g/mol. The van der Waals surface area contributed by atoms with E-state index in [1.54, 1.807) is 12.4 Å². The van der Waals surface area contributed by atoms with E-state index in [0.29, 0.717) is 0 Å². The zero-order valence-electron chi connectivity index (χ0n) is 8.87. The number of hydrogen-bond acceptors (Lipinski definition) is 1. The van der Waals surface area contributed by atoms with Crippen molar-refractivity contribution in [3.8, 4) is 11.8 Å². The van der Waals surface area contributed by atoms with Crippen LogP contribution in [0, 0.1) is 18.8 Å². The number of nitrogens with zero attached hydrogens (tertiary/aromatic N) is 1. The maximum absolute atomic E-state index is 4.06. The van der Waals surface area contributed by atoms with Gasteiger partial charge in [-0.05, 0) is 46.6 Å². The summed E-state index contributed by atoms with van der Waals surface area (Å²) in [6, 6.07) is 10.1.